The minimum absolute atomic E-state index is 0.0707. The number of amides is 1. The van der Waals surface area contributed by atoms with Crippen LogP contribution in [-0.4, -0.2) is 22.8 Å². The van der Waals surface area contributed by atoms with Crippen molar-refractivity contribution in [1.82, 2.24) is 9.88 Å². The largest absolute Gasteiger partial charge is 0.379 e. The number of aromatic nitrogens is 1. The van der Waals surface area contributed by atoms with Gasteiger partial charge in [-0.05, 0) is 24.6 Å². The number of benzene rings is 1. The van der Waals surface area contributed by atoms with Crippen molar-refractivity contribution in [3.63, 3.8) is 0 Å². The third-order valence-corrected chi connectivity index (χ3v) is 3.85. The fourth-order valence-electron chi connectivity index (χ4n) is 1.85. The molecule has 0 unspecified atom stereocenters. The molecule has 0 saturated carbocycles. The van der Waals surface area contributed by atoms with Crippen LogP contribution < -0.4 is 5.32 Å². The van der Waals surface area contributed by atoms with Crippen molar-refractivity contribution in [2.75, 3.05) is 12.4 Å². The number of rotatable bonds is 5. The van der Waals surface area contributed by atoms with Crippen LogP contribution in [0, 0.1) is 6.92 Å². The van der Waals surface area contributed by atoms with Crippen LogP contribution in [0.15, 0.2) is 29.6 Å². The van der Waals surface area contributed by atoms with E-state index in [1.807, 2.05) is 25.1 Å². The fourth-order valence-corrected chi connectivity index (χ4v) is 2.46. The molecule has 1 amide bonds. The summed E-state index contributed by atoms with van der Waals surface area (Å²) >= 11 is 1.66. The summed E-state index contributed by atoms with van der Waals surface area (Å²) in [5, 5.41) is 6.51. The summed E-state index contributed by atoms with van der Waals surface area (Å²) in [6.07, 6.45) is 0. The molecule has 0 saturated heterocycles. The first kappa shape index (κ1) is 14.5. The molecule has 0 spiro atoms. The Morgan fingerprint density at radius 1 is 1.45 bits per heavy atom. The minimum Gasteiger partial charge on any atom is -0.379 e. The van der Waals surface area contributed by atoms with E-state index in [0.29, 0.717) is 6.54 Å². The minimum atomic E-state index is 0.0707. The summed E-state index contributed by atoms with van der Waals surface area (Å²) in [4.78, 5) is 17.4. The van der Waals surface area contributed by atoms with Crippen molar-refractivity contribution in [1.29, 1.82) is 0 Å². The number of carbonyl (C=O) groups excluding carboxylic acids is 1. The lowest BCUT2D eigenvalue weighted by atomic mass is 10.2. The van der Waals surface area contributed by atoms with Crippen LogP contribution in [0.3, 0.4) is 0 Å². The van der Waals surface area contributed by atoms with Gasteiger partial charge in [0.2, 0.25) is 5.91 Å². The molecular weight excluding hydrogens is 270 g/mol. The van der Waals surface area contributed by atoms with Gasteiger partial charge in [-0.2, -0.15) is 0 Å². The number of nitrogens with one attached hydrogen (secondary N) is 1. The second kappa shape index (κ2) is 6.52. The van der Waals surface area contributed by atoms with Crippen molar-refractivity contribution >= 4 is 22.9 Å². The molecule has 4 nitrogen and oxygen atoms in total. The summed E-state index contributed by atoms with van der Waals surface area (Å²) in [5.41, 5.74) is 3.21. The highest BCUT2D eigenvalue weighted by molar-refractivity contribution is 7.09. The van der Waals surface area contributed by atoms with E-state index in [1.165, 1.54) is 0 Å². The topological polar surface area (TPSA) is 45.2 Å². The van der Waals surface area contributed by atoms with E-state index in [9.17, 15) is 4.79 Å². The smallest absolute Gasteiger partial charge is 0.219 e. The van der Waals surface area contributed by atoms with Gasteiger partial charge in [-0.25, -0.2) is 4.98 Å². The molecular formula is C15H19N3OS. The Kier molecular flexibility index (Phi) is 4.74. The van der Waals surface area contributed by atoms with Crippen molar-refractivity contribution < 1.29 is 4.79 Å². The van der Waals surface area contributed by atoms with E-state index in [2.05, 4.69) is 21.7 Å². The summed E-state index contributed by atoms with van der Waals surface area (Å²) in [7, 11) is 1.81. The molecule has 0 atom stereocenters. The van der Waals surface area contributed by atoms with Crippen LogP contribution in [0.1, 0.15) is 23.2 Å². The number of nitrogens with zero attached hydrogens (tertiary/aromatic N) is 2. The summed E-state index contributed by atoms with van der Waals surface area (Å²) in [6.45, 7) is 4.93. The van der Waals surface area contributed by atoms with Crippen LogP contribution in [0.2, 0.25) is 0 Å². The molecule has 0 radical (unpaired) electrons. The number of aryl methyl sites for hydroxylation is 1. The maximum atomic E-state index is 11.2. The van der Waals surface area contributed by atoms with E-state index < -0.39 is 0 Å². The molecule has 1 aromatic heterocycles. The van der Waals surface area contributed by atoms with Gasteiger partial charge in [-0.3, -0.25) is 4.79 Å². The highest BCUT2D eigenvalue weighted by Gasteiger charge is 2.04. The number of hydrogen-bond donors (Lipinski definition) is 1. The maximum Gasteiger partial charge on any atom is 0.219 e. The standard InChI is InChI=1S/C15H19N3OS/c1-11-17-15(10-20-11)8-16-14-6-4-5-13(7-14)9-18(3)12(2)19/h4-7,10,16H,8-9H2,1-3H3. The molecule has 106 valence electrons. The van der Waals surface area contributed by atoms with Gasteiger partial charge in [0.1, 0.15) is 0 Å². The number of anilines is 1. The molecule has 1 aromatic carbocycles. The zero-order valence-corrected chi connectivity index (χ0v) is 12.8. The Labute approximate surface area is 123 Å². The third-order valence-electron chi connectivity index (χ3n) is 3.02. The van der Waals surface area contributed by atoms with Crippen LogP contribution in [0.4, 0.5) is 5.69 Å². The normalized spacial score (nSPS) is 10.3. The Hall–Kier alpha value is -1.88. The molecule has 0 bridgehead atoms. The molecule has 2 aromatic rings. The van der Waals surface area contributed by atoms with E-state index in [0.717, 1.165) is 28.5 Å². The highest BCUT2D eigenvalue weighted by Crippen LogP contribution is 2.14. The van der Waals surface area contributed by atoms with Gasteiger partial charge in [0.25, 0.3) is 0 Å². The van der Waals surface area contributed by atoms with E-state index in [4.69, 9.17) is 0 Å². The Morgan fingerprint density at radius 3 is 2.90 bits per heavy atom. The van der Waals surface area contributed by atoms with Crippen molar-refractivity contribution in [3.05, 3.63) is 45.9 Å². The number of hydrogen-bond acceptors (Lipinski definition) is 4. The number of thiazole rings is 1. The summed E-state index contributed by atoms with van der Waals surface area (Å²) in [6, 6.07) is 8.12. The Bertz CT molecular complexity index is 594. The predicted octanol–water partition coefficient (Wildman–Crippen LogP) is 3.04. The quantitative estimate of drug-likeness (QED) is 0.920. The Morgan fingerprint density at radius 2 is 2.25 bits per heavy atom. The predicted molar refractivity (Wildman–Crippen MR) is 82.8 cm³/mol. The van der Waals surface area contributed by atoms with Crippen LogP contribution in [-0.2, 0) is 17.9 Å². The SMILES string of the molecule is CC(=O)N(C)Cc1cccc(NCc2csc(C)n2)c1. The molecule has 0 aliphatic heterocycles. The first-order valence-electron chi connectivity index (χ1n) is 6.50. The van der Waals surface area contributed by atoms with Crippen molar-refractivity contribution in [3.8, 4) is 0 Å². The number of carbonyl (C=O) groups is 1. The van der Waals surface area contributed by atoms with E-state index >= 15 is 0 Å². The summed E-state index contributed by atoms with van der Waals surface area (Å²) in [5.74, 6) is 0.0707. The molecule has 2 rings (SSSR count). The van der Waals surface area contributed by atoms with Gasteiger partial charge in [0, 0.05) is 31.6 Å². The average molecular weight is 289 g/mol. The molecule has 0 aliphatic rings. The lowest BCUT2D eigenvalue weighted by Gasteiger charge is -2.15. The lowest BCUT2D eigenvalue weighted by molar-refractivity contribution is -0.128. The zero-order chi connectivity index (χ0) is 14.5. The lowest BCUT2D eigenvalue weighted by Crippen LogP contribution is -2.23. The van der Waals surface area contributed by atoms with Crippen LogP contribution in [0.5, 0.6) is 0 Å². The van der Waals surface area contributed by atoms with Gasteiger partial charge >= 0.3 is 0 Å². The zero-order valence-electron chi connectivity index (χ0n) is 12.0. The van der Waals surface area contributed by atoms with E-state index in [1.54, 1.807) is 30.2 Å². The first-order valence-corrected chi connectivity index (χ1v) is 7.38. The van der Waals surface area contributed by atoms with Crippen molar-refractivity contribution in [2.24, 2.45) is 0 Å². The molecule has 1 N–H and O–H groups in total. The summed E-state index contributed by atoms with van der Waals surface area (Å²) < 4.78 is 0. The van der Waals surface area contributed by atoms with Gasteiger partial charge in [-0.15, -0.1) is 11.3 Å². The maximum absolute atomic E-state index is 11.2. The molecule has 20 heavy (non-hydrogen) atoms. The highest BCUT2D eigenvalue weighted by atomic mass is 32.1. The van der Waals surface area contributed by atoms with Crippen LogP contribution in [0.25, 0.3) is 0 Å². The molecule has 0 aliphatic carbocycles. The van der Waals surface area contributed by atoms with Gasteiger partial charge < -0.3 is 10.2 Å². The third kappa shape index (κ3) is 4.06. The van der Waals surface area contributed by atoms with Crippen LogP contribution >= 0.6 is 11.3 Å². The monoisotopic (exact) mass is 289 g/mol. The van der Waals surface area contributed by atoms with Crippen molar-refractivity contribution in [2.45, 2.75) is 26.9 Å². The Balaban J connectivity index is 1.97. The molecule has 0 fully saturated rings. The first-order chi connectivity index (χ1) is 9.54. The second-order valence-corrected chi connectivity index (χ2v) is 5.85. The second-order valence-electron chi connectivity index (χ2n) is 4.79. The average Bonchev–Trinajstić information content (AvgIpc) is 2.82. The van der Waals surface area contributed by atoms with Gasteiger partial charge in [-0.1, -0.05) is 12.1 Å². The molecule has 1 heterocycles. The molecule has 5 heteroatoms. The van der Waals surface area contributed by atoms with Gasteiger partial charge in [0.15, 0.2) is 0 Å². The fraction of sp³-hybridized carbons (Fsp3) is 0.333. The van der Waals surface area contributed by atoms with Gasteiger partial charge in [0.05, 0.1) is 17.2 Å². The van der Waals surface area contributed by atoms with E-state index in [-0.39, 0.29) is 5.91 Å².